The zero-order valence-corrected chi connectivity index (χ0v) is 20.4. The van der Waals surface area contributed by atoms with Crippen molar-refractivity contribution >= 4 is 57.7 Å². The van der Waals surface area contributed by atoms with E-state index in [1.165, 1.54) is 31.2 Å². The Bertz CT molecular complexity index is 979. The molecular weight excluding hydrogens is 461 g/mol. The summed E-state index contributed by atoms with van der Waals surface area (Å²) in [6, 6.07) is -0.995. The number of carbonyl (C=O) groups is 4. The molecule has 2 unspecified atom stereocenters. The van der Waals surface area contributed by atoms with E-state index in [0.717, 1.165) is 16.2 Å². The van der Waals surface area contributed by atoms with Gasteiger partial charge in [-0.25, -0.2) is 4.98 Å². The molecule has 0 aliphatic carbocycles. The number of amides is 2. The summed E-state index contributed by atoms with van der Waals surface area (Å²) < 4.78 is 4.85. The molecule has 0 bridgehead atoms. The normalized spacial score (nSPS) is 20.3. The molecule has 2 aliphatic heterocycles. The topological polar surface area (TPSA) is 176 Å². The van der Waals surface area contributed by atoms with Gasteiger partial charge in [0.1, 0.15) is 30.8 Å². The predicted molar refractivity (Wildman–Crippen MR) is 104 cm³/mol. The molecule has 2 aliphatic rings. The number of thioether (sulfide) groups is 1. The number of β-lactam (4-membered cyclic amide) rings is 1. The maximum Gasteiger partial charge on any atom is 1.00 e. The van der Waals surface area contributed by atoms with Crippen LogP contribution in [0, 0.1) is 0 Å². The van der Waals surface area contributed by atoms with Crippen LogP contribution in [-0.2, 0) is 28.8 Å². The van der Waals surface area contributed by atoms with Crippen LogP contribution in [-0.4, -0.2) is 70.2 Å². The summed E-state index contributed by atoms with van der Waals surface area (Å²) in [6.07, 6.45) is 0. The van der Waals surface area contributed by atoms with Crippen molar-refractivity contribution in [2.45, 2.75) is 18.3 Å². The van der Waals surface area contributed by atoms with E-state index >= 15 is 0 Å². The molecule has 0 aromatic carbocycles. The molecule has 12 nitrogen and oxygen atoms in total. The second-order valence-electron chi connectivity index (χ2n) is 6.07. The van der Waals surface area contributed by atoms with E-state index < -0.39 is 35.2 Å². The number of nitrogens with one attached hydrogen (secondary N) is 1. The van der Waals surface area contributed by atoms with Crippen LogP contribution in [0.15, 0.2) is 21.8 Å². The number of carboxylic acids is 1. The number of carboxylic acid groups (broad SMARTS) is 1. The molecule has 0 saturated carbocycles. The number of aliphatic carboxylic acids is 1. The second-order valence-corrected chi connectivity index (χ2v) is 8.07. The Balaban J connectivity index is 0.00000341. The maximum atomic E-state index is 12.6. The number of fused-ring (bicyclic) bond motifs is 1. The number of carbonyl (C=O) groups excluding carboxylic acids is 4. The summed E-state index contributed by atoms with van der Waals surface area (Å²) in [6.45, 7) is 0.919. The average Bonchev–Trinajstić information content (AvgIpc) is 3.13. The number of nitrogens with two attached hydrogens (primary N) is 1. The summed E-state index contributed by atoms with van der Waals surface area (Å²) in [7, 11) is 1.25. The Morgan fingerprint density at radius 3 is 2.71 bits per heavy atom. The van der Waals surface area contributed by atoms with E-state index in [-0.39, 0.29) is 69.7 Å². The fraction of sp³-hybridized carbons (Fsp3) is 0.375. The maximum absolute atomic E-state index is 12.6. The molecule has 0 radical (unpaired) electrons. The molecular formula is C16H16N5NaO7S2. The molecule has 2 amide bonds. The third-order valence-corrected chi connectivity index (χ3v) is 6.15. The fourth-order valence-electron chi connectivity index (χ4n) is 2.87. The van der Waals surface area contributed by atoms with Crippen molar-refractivity contribution in [3.05, 3.63) is 22.3 Å². The monoisotopic (exact) mass is 477 g/mol. The Labute approximate surface area is 206 Å². The zero-order valence-electron chi connectivity index (χ0n) is 16.7. The van der Waals surface area contributed by atoms with Crippen LogP contribution in [0.3, 0.4) is 0 Å². The summed E-state index contributed by atoms with van der Waals surface area (Å²) in [5.41, 5.74) is 5.46. The van der Waals surface area contributed by atoms with Crippen molar-refractivity contribution in [1.82, 2.24) is 15.2 Å². The molecule has 1 fully saturated rings. The summed E-state index contributed by atoms with van der Waals surface area (Å²) in [4.78, 5) is 57.5. The van der Waals surface area contributed by atoms with Gasteiger partial charge in [-0.3, -0.25) is 19.3 Å². The Morgan fingerprint density at radius 1 is 1.45 bits per heavy atom. The van der Waals surface area contributed by atoms with Crippen molar-refractivity contribution in [3.63, 3.8) is 0 Å². The van der Waals surface area contributed by atoms with Crippen LogP contribution in [0.1, 0.15) is 12.6 Å². The van der Waals surface area contributed by atoms with Gasteiger partial charge in [0, 0.05) is 23.6 Å². The van der Waals surface area contributed by atoms with Crippen molar-refractivity contribution < 1.29 is 63.4 Å². The van der Waals surface area contributed by atoms with Crippen molar-refractivity contribution in [1.29, 1.82) is 0 Å². The minimum absolute atomic E-state index is 0. The first-order valence-corrected chi connectivity index (χ1v) is 10.3. The number of oxime groups is 1. The van der Waals surface area contributed by atoms with Crippen LogP contribution in [0.4, 0.5) is 5.13 Å². The van der Waals surface area contributed by atoms with Gasteiger partial charge < -0.3 is 30.5 Å². The number of ether oxygens (including phenoxy) is 1. The first kappa shape index (κ1) is 25.1. The number of hydrogen-bond acceptors (Lipinski definition) is 12. The molecule has 1 saturated heterocycles. The first-order chi connectivity index (χ1) is 14.2. The van der Waals surface area contributed by atoms with E-state index in [2.05, 4.69) is 20.3 Å². The molecule has 31 heavy (non-hydrogen) atoms. The van der Waals surface area contributed by atoms with Crippen LogP contribution < -0.4 is 45.7 Å². The van der Waals surface area contributed by atoms with Gasteiger partial charge in [0.05, 0.1) is 11.7 Å². The van der Waals surface area contributed by atoms with Crippen LogP contribution in [0.5, 0.6) is 0 Å². The van der Waals surface area contributed by atoms with Gasteiger partial charge in [0.25, 0.3) is 11.8 Å². The number of hydrogen-bond donors (Lipinski definition) is 2. The van der Waals surface area contributed by atoms with Crippen LogP contribution in [0.25, 0.3) is 0 Å². The van der Waals surface area contributed by atoms with E-state index in [1.807, 2.05) is 0 Å². The molecule has 1 aromatic heterocycles. The van der Waals surface area contributed by atoms with E-state index in [9.17, 15) is 24.3 Å². The number of aromatic nitrogens is 1. The minimum Gasteiger partial charge on any atom is -0.543 e. The number of esters is 1. The van der Waals surface area contributed by atoms with Gasteiger partial charge in [-0.05, 0) is 0 Å². The summed E-state index contributed by atoms with van der Waals surface area (Å²) >= 11 is 2.32. The van der Waals surface area contributed by atoms with Gasteiger partial charge in [-0.15, -0.1) is 23.1 Å². The van der Waals surface area contributed by atoms with Gasteiger partial charge in [0.2, 0.25) is 0 Å². The van der Waals surface area contributed by atoms with Gasteiger partial charge in [-0.2, -0.15) is 0 Å². The van der Waals surface area contributed by atoms with Crippen LogP contribution in [0.2, 0.25) is 0 Å². The quantitative estimate of drug-likeness (QED) is 0.127. The van der Waals surface area contributed by atoms with Gasteiger partial charge in [-0.1, -0.05) is 5.16 Å². The smallest absolute Gasteiger partial charge is 0.543 e. The largest absolute Gasteiger partial charge is 1.00 e. The second kappa shape index (κ2) is 10.5. The number of rotatable bonds is 7. The number of anilines is 1. The van der Waals surface area contributed by atoms with Crippen LogP contribution >= 0.6 is 23.1 Å². The molecule has 3 heterocycles. The van der Waals surface area contributed by atoms with Crippen molar-refractivity contribution in [3.8, 4) is 0 Å². The molecule has 2 atom stereocenters. The Hall–Kier alpha value is -2.13. The molecule has 0 spiro atoms. The number of nitrogens with zero attached hydrogens (tertiary/aromatic N) is 3. The van der Waals surface area contributed by atoms with Crippen molar-refractivity contribution in [2.24, 2.45) is 5.16 Å². The first-order valence-electron chi connectivity index (χ1n) is 8.39. The zero-order chi connectivity index (χ0) is 22.0. The molecule has 3 rings (SSSR count). The van der Waals surface area contributed by atoms with E-state index in [1.54, 1.807) is 0 Å². The molecule has 160 valence electrons. The van der Waals surface area contributed by atoms with Gasteiger partial charge in [0.15, 0.2) is 10.8 Å². The Morgan fingerprint density at radius 2 is 2.16 bits per heavy atom. The number of thiazole rings is 1. The molecule has 1 aromatic rings. The SMILES string of the molecule is CO/N=C(/C(=O)NC1C(=O)N2C(C(=O)[O-])=C(COC(C)=O)CSC12)c1csc(N)n1.[Na+]. The van der Waals surface area contributed by atoms with E-state index in [4.69, 9.17) is 10.5 Å². The predicted octanol–water partition coefficient (Wildman–Crippen LogP) is -4.95. The average molecular weight is 477 g/mol. The minimum atomic E-state index is -1.57. The molecule has 3 N–H and O–H groups in total. The fourth-order valence-corrected chi connectivity index (χ4v) is 4.75. The van der Waals surface area contributed by atoms with E-state index in [0.29, 0.717) is 0 Å². The standard InChI is InChI=1S/C16H17N5O7S2.Na/c1-6(22)28-3-7-4-29-14-10(13(24)21(14)11(7)15(25)26)19-12(23)9(20-27-2)8-5-30-16(17)18-8;/h5,10,14H,3-4H2,1-2H3,(H2,17,18)(H,19,23)(H,25,26);/q;+1/p-1/b20-9+;. The third-order valence-electron chi connectivity index (χ3n) is 4.14. The summed E-state index contributed by atoms with van der Waals surface area (Å²) in [5.74, 6) is -3.35. The number of nitrogen functional groups attached to an aromatic ring is 1. The Kier molecular flexibility index (Phi) is 8.48. The van der Waals surface area contributed by atoms with Gasteiger partial charge >= 0.3 is 35.5 Å². The van der Waals surface area contributed by atoms with Crippen molar-refractivity contribution in [2.75, 3.05) is 25.2 Å². The molecule has 15 heteroatoms. The summed E-state index contributed by atoms with van der Waals surface area (Å²) in [5, 5.41) is 18.8. The third kappa shape index (κ3) is 5.20.